The molecule has 7 aromatic rings. The Bertz CT molecular complexity index is 3520. The number of nitrogens with two attached hydrogens (primary N) is 2. The molecule has 0 saturated heterocycles. The van der Waals surface area contributed by atoms with Crippen LogP contribution in [-0.4, -0.2) is 121 Å². The largest absolute Gasteiger partial charge is 0.461 e. The maximum atomic E-state index is 13.5. The number of halogens is 2. The van der Waals surface area contributed by atoms with Gasteiger partial charge in [0.2, 0.25) is 20.0 Å². The molecule has 7 aromatic carbocycles. The topological polar surface area (TPSA) is 295 Å². The van der Waals surface area contributed by atoms with E-state index in [1.54, 1.807) is 12.1 Å². The summed E-state index contributed by atoms with van der Waals surface area (Å²) in [6, 6.07) is 57.9. The Morgan fingerprint density at radius 2 is 0.821 bits per heavy atom. The van der Waals surface area contributed by atoms with Crippen molar-refractivity contribution in [3.63, 3.8) is 0 Å². The van der Waals surface area contributed by atoms with Gasteiger partial charge in [0.25, 0.3) is 5.69 Å². The number of nitro benzene ring substituents is 1. The first-order valence-corrected chi connectivity index (χ1v) is 40.7. The molecule has 95 heavy (non-hydrogen) atoms. The van der Waals surface area contributed by atoms with E-state index in [2.05, 4.69) is 56.4 Å². The minimum Gasteiger partial charge on any atom is -0.461 e. The van der Waals surface area contributed by atoms with Crippen LogP contribution in [0.2, 0.25) is 0 Å². The second-order valence-electron chi connectivity index (χ2n) is 24.5. The van der Waals surface area contributed by atoms with Crippen molar-refractivity contribution in [3.05, 3.63) is 238 Å². The van der Waals surface area contributed by atoms with E-state index in [4.69, 9.17) is 20.9 Å². The number of esters is 2. The summed E-state index contributed by atoms with van der Waals surface area (Å²) in [6.07, 6.45) is -1.20. The third-order valence-corrected chi connectivity index (χ3v) is 18.6. The minimum absolute atomic E-state index is 0.0567. The van der Waals surface area contributed by atoms with Crippen LogP contribution in [0.4, 0.5) is 11.4 Å². The van der Waals surface area contributed by atoms with Crippen LogP contribution in [0.15, 0.2) is 210 Å². The lowest BCUT2D eigenvalue weighted by Crippen LogP contribution is -2.47. The minimum atomic E-state index is -4.08. The fraction of sp³-hybridized carbons (Fsp3) is 0.389. The molecule has 23 heteroatoms. The highest BCUT2D eigenvalue weighted by molar-refractivity contribution is 15.0. The van der Waals surface area contributed by atoms with Crippen molar-refractivity contribution in [2.24, 2.45) is 35.3 Å². The molecule has 0 spiro atoms. The molecule has 0 aromatic heterocycles. The van der Waals surface area contributed by atoms with Crippen molar-refractivity contribution in [1.82, 2.24) is 13.9 Å². The second kappa shape index (κ2) is 43.1. The third-order valence-electron chi connectivity index (χ3n) is 14.9. The number of carbonyl (C=O) groups excluding carboxylic acids is 2. The zero-order valence-corrected chi connectivity index (χ0v) is 60.9. The first kappa shape index (κ1) is 81.2. The molecule has 0 heterocycles. The van der Waals surface area contributed by atoms with E-state index >= 15 is 0 Å². The normalized spacial score (nSPS) is 13.4. The Morgan fingerprint density at radius 1 is 0.484 bits per heavy atom. The summed E-state index contributed by atoms with van der Waals surface area (Å²) in [5.74, 6) is -1.01. The molecule has 0 bridgehead atoms. The number of anilines is 1. The number of aliphatic hydroxyl groups excluding tert-OH is 3. The Balaban J connectivity index is 0.000000307. The summed E-state index contributed by atoms with van der Waals surface area (Å²) in [5.41, 5.74) is 16.9. The Kier molecular flexibility index (Phi) is 36.9. The molecule has 19 nitrogen and oxygen atoms in total. The number of nitro groups is 1. The Morgan fingerprint density at radius 3 is 1.18 bits per heavy atom. The van der Waals surface area contributed by atoms with Crippen LogP contribution in [-0.2, 0) is 71.6 Å². The number of aliphatic hydroxyl groups is 3. The highest BCUT2D eigenvalue weighted by Gasteiger charge is 2.33. The monoisotopic (exact) mass is 1570 g/mol. The summed E-state index contributed by atoms with van der Waals surface area (Å²) in [6.45, 7) is 13.6. The molecule has 0 saturated carbocycles. The van der Waals surface area contributed by atoms with Crippen molar-refractivity contribution < 1.29 is 56.1 Å². The van der Waals surface area contributed by atoms with Crippen LogP contribution in [0.25, 0.3) is 0 Å². The zero-order chi connectivity index (χ0) is 69.9. The lowest BCUT2D eigenvalue weighted by atomic mass is 9.90. The smallest absolute Gasteiger partial charge is 0.306 e. The molecular weight excluding hydrogens is 1470 g/mol. The Labute approximate surface area is 585 Å². The highest BCUT2D eigenvalue weighted by atomic mass is 128. The quantitative estimate of drug-likeness (QED) is 0.00718. The number of nitrogens with zero attached hydrogens (tertiary/aromatic N) is 3. The molecule has 0 amide bonds. The van der Waals surface area contributed by atoms with Gasteiger partial charge >= 0.3 is 11.9 Å². The van der Waals surface area contributed by atoms with Crippen LogP contribution in [0.3, 0.4) is 0 Å². The molecule has 0 unspecified atom stereocenters. The van der Waals surface area contributed by atoms with Crippen LogP contribution in [0.5, 0.6) is 0 Å². The fourth-order valence-corrected chi connectivity index (χ4v) is 13.2. The number of carbonyl (C=O) groups is 2. The van der Waals surface area contributed by atoms with Crippen LogP contribution in [0.1, 0.15) is 82.2 Å². The van der Waals surface area contributed by atoms with Gasteiger partial charge in [0.1, 0.15) is 13.2 Å². The molecule has 0 aliphatic heterocycles. The fourth-order valence-electron chi connectivity index (χ4n) is 9.99. The van der Waals surface area contributed by atoms with Crippen molar-refractivity contribution >= 4 is 80.6 Å². The van der Waals surface area contributed by atoms with Gasteiger partial charge in [-0.2, -0.15) is 8.61 Å². The zero-order valence-electron chi connectivity index (χ0n) is 54.9. The van der Waals surface area contributed by atoms with Gasteiger partial charge in [-0.05, 0) is 108 Å². The van der Waals surface area contributed by atoms with Crippen molar-refractivity contribution in [3.8, 4) is 0 Å². The molecule has 6 atom stereocenters. The number of ether oxygens (including phenoxy) is 2. The number of hydrogen-bond acceptors (Lipinski definition) is 16. The highest BCUT2D eigenvalue weighted by Crippen LogP contribution is 2.26. The molecule has 7 rings (SSSR count). The van der Waals surface area contributed by atoms with Gasteiger partial charge in [-0.3, -0.25) is 19.7 Å². The van der Waals surface area contributed by atoms with Gasteiger partial charge in [-0.15, -0.1) is 0 Å². The predicted molar refractivity (Wildman–Crippen MR) is 392 cm³/mol. The maximum Gasteiger partial charge on any atom is 0.306 e. The van der Waals surface area contributed by atoms with E-state index in [0.29, 0.717) is 44.0 Å². The van der Waals surface area contributed by atoms with E-state index in [1.165, 1.54) is 32.9 Å². The van der Waals surface area contributed by atoms with Crippen molar-refractivity contribution in [2.75, 3.05) is 45.0 Å². The summed E-state index contributed by atoms with van der Waals surface area (Å²) < 4.78 is 66.4. The van der Waals surface area contributed by atoms with Gasteiger partial charge < -0.3 is 41.6 Å². The van der Waals surface area contributed by atoms with Gasteiger partial charge in [-0.25, -0.2) is 16.8 Å². The average Bonchev–Trinajstić information content (AvgIpc) is 0.853. The first-order valence-electron chi connectivity index (χ1n) is 31.6. The van der Waals surface area contributed by atoms with Crippen molar-refractivity contribution in [2.45, 2.75) is 121 Å². The molecule has 0 aliphatic carbocycles. The summed E-state index contributed by atoms with van der Waals surface area (Å²) in [4.78, 5) is 35.6. The van der Waals surface area contributed by atoms with Gasteiger partial charge in [0.05, 0.1) is 45.9 Å². The van der Waals surface area contributed by atoms with Crippen LogP contribution in [0, 0.1) is 39.7 Å². The molecule has 516 valence electrons. The van der Waals surface area contributed by atoms with E-state index < -0.39 is 61.2 Å². The molecular formula is C72H94I2N6O13S2. The molecule has 0 radical (unpaired) electrons. The SMILES string of the molecule is CC(C)CN(C[C@@H](O)[C@@H](CC(=O)OCc1ccccc1)Cc1ccccc1)S(=O)(=O)c1ccc([N+](=O)[O-])cc1.CC(C)CN(C[C@@H](O)[C@@H](N)Cc1ccccc1)S(=O)(=O)c1ccc(N)cc1.CC(C)CNC[C@@H](O)[C@@H](CC(=O)OCc1ccccc1)Cc1ccccc1.II. The van der Waals surface area contributed by atoms with E-state index in [9.17, 15) is 51.9 Å². The van der Waals surface area contributed by atoms with Gasteiger partial charge in [-0.1, -0.05) is 193 Å². The van der Waals surface area contributed by atoms with E-state index in [-0.39, 0.29) is 84.9 Å². The van der Waals surface area contributed by atoms with Crippen molar-refractivity contribution in [1.29, 1.82) is 0 Å². The van der Waals surface area contributed by atoms with E-state index in [0.717, 1.165) is 46.5 Å². The number of sulfonamides is 2. The van der Waals surface area contributed by atoms with Gasteiger partial charge in [0, 0.05) is 106 Å². The number of nitrogens with one attached hydrogen (secondary N) is 1. The lowest BCUT2D eigenvalue weighted by molar-refractivity contribution is -0.384. The van der Waals surface area contributed by atoms with Gasteiger partial charge in [0.15, 0.2) is 0 Å². The number of benzene rings is 7. The summed E-state index contributed by atoms with van der Waals surface area (Å²) in [7, 11) is -7.83. The summed E-state index contributed by atoms with van der Waals surface area (Å²) in [5, 5.41) is 46.8. The number of hydrogen-bond donors (Lipinski definition) is 6. The molecule has 0 aliphatic rings. The molecule has 8 N–H and O–H groups in total. The lowest BCUT2D eigenvalue weighted by Gasteiger charge is -2.30. The molecule has 0 fully saturated rings. The average molecular weight is 1570 g/mol. The second-order valence-corrected chi connectivity index (χ2v) is 28.3. The number of non-ortho nitro benzene ring substituents is 1. The van der Waals surface area contributed by atoms with Crippen LogP contribution < -0.4 is 16.8 Å². The Hall–Kier alpha value is -6.24. The number of rotatable bonds is 34. The maximum absolute atomic E-state index is 13.5. The number of nitrogen functional groups attached to an aromatic ring is 1. The van der Waals surface area contributed by atoms with Crippen LogP contribution >= 0.6 is 37.2 Å². The predicted octanol–water partition coefficient (Wildman–Crippen LogP) is 11.8. The summed E-state index contributed by atoms with van der Waals surface area (Å²) >= 11 is 4.24. The third kappa shape index (κ3) is 30.4. The van der Waals surface area contributed by atoms with E-state index in [1.807, 2.05) is 179 Å². The standard InChI is InChI=1S/C29H34N2O7S.C23H31NO3.C20H29N3O3S.I2/c1-22(2)19-30(39(36,37)27-15-13-26(14-16-27)31(34)35)20-28(32)25(17-23-9-5-3-6-10-23)18-29(33)38-21-24-11-7-4-8-12-24;1-18(2)15-24-16-22(25)21(13-19-9-5-3-6-10-19)14-23(26)27-17-20-11-7-4-8-12-20;1-15(2)13-23(27(25,26)18-10-8-17(21)9-11-18)14-20(24)19(22)12-16-6-4-3-5-7-16;1-2/h3-16,22,25,28,32H,17-21H2,1-2H3;3-12,18,21-22,24-25H,13-17H2,1-2H3;3-11,15,19-20,24H,12-14,21-22H2,1-2H3;/t25-,28-;21-,22-;19-,20+;/m110./s1. The first-order chi connectivity index (χ1) is 45.3.